The highest BCUT2D eigenvalue weighted by Gasteiger charge is 2.50. The van der Waals surface area contributed by atoms with E-state index in [1.54, 1.807) is 0 Å². The van der Waals surface area contributed by atoms with E-state index in [0.29, 0.717) is 17.3 Å². The van der Waals surface area contributed by atoms with Gasteiger partial charge in [-0.15, -0.1) is 0 Å². The van der Waals surface area contributed by atoms with E-state index in [1.165, 1.54) is 12.7 Å². The zero-order valence-corrected chi connectivity index (χ0v) is 15.2. The first-order chi connectivity index (χ1) is 11.9. The molecule has 2 aliphatic rings. The van der Waals surface area contributed by atoms with Gasteiger partial charge in [0.15, 0.2) is 6.61 Å². The molecule has 2 bridgehead atoms. The molecule has 1 aliphatic heterocycles. The second-order valence-corrected chi connectivity index (χ2v) is 8.72. The minimum absolute atomic E-state index is 0.0357. The molecule has 2 heterocycles. The largest absolute Gasteiger partial charge is 0.467 e. The topological polar surface area (TPSA) is 55.3 Å². The number of ether oxygens (including phenoxy) is 1. The Bertz CT molecular complexity index is 814. The van der Waals surface area contributed by atoms with Gasteiger partial charge < -0.3 is 9.64 Å². The van der Waals surface area contributed by atoms with Gasteiger partial charge in [-0.2, -0.15) is 0 Å². The minimum Gasteiger partial charge on any atom is -0.467 e. The lowest BCUT2D eigenvalue weighted by Gasteiger charge is -2.39. The molecule has 5 nitrogen and oxygen atoms in total. The number of hydrogen-bond donors (Lipinski definition) is 0. The molecule has 2 unspecified atom stereocenters. The Kier molecular flexibility index (Phi) is 3.71. The van der Waals surface area contributed by atoms with E-state index in [9.17, 15) is 4.79 Å². The Morgan fingerprint density at radius 1 is 1.24 bits per heavy atom. The van der Waals surface area contributed by atoms with Gasteiger partial charge in [0.2, 0.25) is 5.88 Å². The van der Waals surface area contributed by atoms with Crippen molar-refractivity contribution in [3.05, 3.63) is 30.6 Å². The van der Waals surface area contributed by atoms with E-state index in [0.717, 1.165) is 30.3 Å². The van der Waals surface area contributed by atoms with Crippen LogP contribution in [0.15, 0.2) is 30.6 Å². The average Bonchev–Trinajstić information content (AvgIpc) is 2.81. The van der Waals surface area contributed by atoms with Crippen LogP contribution in [0, 0.1) is 10.8 Å². The number of rotatable bonds is 3. The number of benzene rings is 1. The van der Waals surface area contributed by atoms with Crippen molar-refractivity contribution in [1.82, 2.24) is 14.9 Å². The lowest BCUT2D eigenvalue weighted by molar-refractivity contribution is -0.134. The molecule has 132 valence electrons. The lowest BCUT2D eigenvalue weighted by atomic mass is 9.65. The van der Waals surface area contributed by atoms with Gasteiger partial charge in [-0.25, -0.2) is 9.97 Å². The number of amides is 1. The summed E-state index contributed by atoms with van der Waals surface area (Å²) in [7, 11) is 0. The van der Waals surface area contributed by atoms with Crippen molar-refractivity contribution in [2.75, 3.05) is 13.2 Å². The first-order valence-corrected chi connectivity index (χ1v) is 8.97. The monoisotopic (exact) mass is 339 g/mol. The molecule has 25 heavy (non-hydrogen) atoms. The van der Waals surface area contributed by atoms with E-state index in [1.807, 2.05) is 29.2 Å². The first kappa shape index (κ1) is 16.3. The van der Waals surface area contributed by atoms with Crippen molar-refractivity contribution in [3.8, 4) is 5.88 Å². The molecule has 1 saturated carbocycles. The highest BCUT2D eigenvalue weighted by molar-refractivity contribution is 5.84. The van der Waals surface area contributed by atoms with Gasteiger partial charge in [0.25, 0.3) is 5.91 Å². The predicted octanol–water partition coefficient (Wildman–Crippen LogP) is 3.44. The van der Waals surface area contributed by atoms with Gasteiger partial charge in [0.1, 0.15) is 6.33 Å². The maximum atomic E-state index is 12.8. The lowest BCUT2D eigenvalue weighted by Crippen LogP contribution is -2.40. The number of para-hydroxylation sites is 1. The molecule has 5 heteroatoms. The van der Waals surface area contributed by atoms with Crippen LogP contribution in [0.3, 0.4) is 0 Å². The Balaban J connectivity index is 1.48. The van der Waals surface area contributed by atoms with Crippen molar-refractivity contribution in [2.24, 2.45) is 10.8 Å². The Morgan fingerprint density at radius 2 is 2.04 bits per heavy atom. The normalized spacial score (nSPS) is 27.5. The Hall–Kier alpha value is -2.17. The highest BCUT2D eigenvalue weighted by Crippen LogP contribution is 2.52. The third kappa shape index (κ3) is 3.08. The molecule has 1 aliphatic carbocycles. The SMILES string of the molecule is CC1(C)CC2CC(C)(CN2C(=O)COc2ncnc3ccccc23)C1. The third-order valence-corrected chi connectivity index (χ3v) is 5.57. The molecule has 1 amide bonds. The van der Waals surface area contributed by atoms with Gasteiger partial charge >= 0.3 is 0 Å². The number of carbonyl (C=O) groups is 1. The van der Waals surface area contributed by atoms with Crippen LogP contribution in [0.5, 0.6) is 5.88 Å². The van der Waals surface area contributed by atoms with Gasteiger partial charge in [-0.3, -0.25) is 4.79 Å². The van der Waals surface area contributed by atoms with Crippen LogP contribution in [0.4, 0.5) is 0 Å². The molecule has 2 atom stereocenters. The maximum Gasteiger partial charge on any atom is 0.260 e. The van der Waals surface area contributed by atoms with Crippen LogP contribution >= 0.6 is 0 Å². The zero-order chi connectivity index (χ0) is 17.7. The summed E-state index contributed by atoms with van der Waals surface area (Å²) in [5, 5.41) is 0.839. The molecule has 0 spiro atoms. The fraction of sp³-hybridized carbons (Fsp3) is 0.550. The van der Waals surface area contributed by atoms with Crippen molar-refractivity contribution in [2.45, 2.75) is 46.1 Å². The fourth-order valence-electron chi connectivity index (χ4n) is 5.06. The predicted molar refractivity (Wildman–Crippen MR) is 96.3 cm³/mol. The standard InChI is InChI=1S/C20H25N3O2/c1-19(2)8-14-9-20(3,11-19)12-23(14)17(24)10-25-18-15-6-4-5-7-16(15)21-13-22-18/h4-7,13-14H,8-12H2,1-3H3. The first-order valence-electron chi connectivity index (χ1n) is 8.97. The van der Waals surface area contributed by atoms with E-state index < -0.39 is 0 Å². The maximum absolute atomic E-state index is 12.8. The van der Waals surface area contributed by atoms with Crippen LogP contribution in [-0.2, 0) is 4.79 Å². The number of carbonyl (C=O) groups excluding carboxylic acids is 1. The number of aromatic nitrogens is 2. The summed E-state index contributed by atoms with van der Waals surface area (Å²) in [5.41, 5.74) is 1.37. The molecule has 2 aromatic rings. The molecule has 2 fully saturated rings. The van der Waals surface area contributed by atoms with Gasteiger partial charge in [-0.05, 0) is 42.2 Å². The summed E-state index contributed by atoms with van der Waals surface area (Å²) >= 11 is 0. The van der Waals surface area contributed by atoms with Crippen LogP contribution in [0.1, 0.15) is 40.0 Å². The van der Waals surface area contributed by atoms with E-state index in [-0.39, 0.29) is 17.9 Å². The Morgan fingerprint density at radius 3 is 2.88 bits per heavy atom. The van der Waals surface area contributed by atoms with Crippen LogP contribution in [0.2, 0.25) is 0 Å². The molecular weight excluding hydrogens is 314 g/mol. The molecule has 0 N–H and O–H groups in total. The van der Waals surface area contributed by atoms with E-state index in [2.05, 4.69) is 30.7 Å². The summed E-state index contributed by atoms with van der Waals surface area (Å²) in [4.78, 5) is 23.3. The molecule has 1 aromatic heterocycles. The van der Waals surface area contributed by atoms with Crippen molar-refractivity contribution in [1.29, 1.82) is 0 Å². The van der Waals surface area contributed by atoms with Crippen molar-refractivity contribution >= 4 is 16.8 Å². The minimum atomic E-state index is 0.0357. The Labute approximate surface area is 148 Å². The van der Waals surface area contributed by atoms with Crippen LogP contribution in [0.25, 0.3) is 10.9 Å². The van der Waals surface area contributed by atoms with Gasteiger partial charge in [-0.1, -0.05) is 32.9 Å². The second kappa shape index (κ2) is 5.68. The van der Waals surface area contributed by atoms with Crippen LogP contribution < -0.4 is 4.74 Å². The molecular formula is C20H25N3O2. The number of nitrogens with zero attached hydrogens (tertiary/aromatic N) is 3. The number of hydrogen-bond acceptors (Lipinski definition) is 4. The fourth-order valence-corrected chi connectivity index (χ4v) is 5.06. The summed E-state index contributed by atoms with van der Waals surface area (Å²) < 4.78 is 5.78. The molecule has 1 saturated heterocycles. The average molecular weight is 339 g/mol. The van der Waals surface area contributed by atoms with Gasteiger partial charge in [0, 0.05) is 12.6 Å². The molecule has 1 aromatic carbocycles. The summed E-state index contributed by atoms with van der Waals surface area (Å²) in [5.74, 6) is 0.543. The molecule has 0 radical (unpaired) electrons. The summed E-state index contributed by atoms with van der Waals surface area (Å²) in [6.07, 6.45) is 4.84. The van der Waals surface area contributed by atoms with Crippen LogP contribution in [-0.4, -0.2) is 40.0 Å². The number of fused-ring (bicyclic) bond motifs is 3. The van der Waals surface area contributed by atoms with Crippen molar-refractivity contribution in [3.63, 3.8) is 0 Å². The van der Waals surface area contributed by atoms with E-state index >= 15 is 0 Å². The van der Waals surface area contributed by atoms with Crippen molar-refractivity contribution < 1.29 is 9.53 Å². The van der Waals surface area contributed by atoms with E-state index in [4.69, 9.17) is 4.74 Å². The van der Waals surface area contributed by atoms with Gasteiger partial charge in [0.05, 0.1) is 10.9 Å². The summed E-state index contributed by atoms with van der Waals surface area (Å²) in [6.45, 7) is 7.82. The number of likely N-dealkylation sites (tertiary alicyclic amines) is 1. The zero-order valence-electron chi connectivity index (χ0n) is 15.2. The smallest absolute Gasteiger partial charge is 0.260 e. The summed E-state index contributed by atoms with van der Waals surface area (Å²) in [6, 6.07) is 8.02. The quantitative estimate of drug-likeness (QED) is 0.859. The molecule has 4 rings (SSSR count). The second-order valence-electron chi connectivity index (χ2n) is 8.72. The highest BCUT2D eigenvalue weighted by atomic mass is 16.5. The third-order valence-electron chi connectivity index (χ3n) is 5.57.